The molecule has 0 saturated carbocycles. The van der Waals surface area contributed by atoms with E-state index in [4.69, 9.17) is 9.15 Å². The van der Waals surface area contributed by atoms with Gasteiger partial charge in [0.05, 0.1) is 17.2 Å². The molecule has 3 aromatic rings. The summed E-state index contributed by atoms with van der Waals surface area (Å²) in [5.74, 6) is -0.476. The molecular weight excluding hydrogens is 362 g/mol. The number of rotatable bonds is 6. The number of anilines is 2. The highest BCUT2D eigenvalue weighted by molar-refractivity contribution is 6.02. The first-order valence-electron chi connectivity index (χ1n) is 8.35. The number of esters is 1. The van der Waals surface area contributed by atoms with Crippen LogP contribution in [0.2, 0.25) is 0 Å². The van der Waals surface area contributed by atoms with Crippen molar-refractivity contribution in [3.05, 3.63) is 70.0 Å². The Morgan fingerprint density at radius 3 is 2.64 bits per heavy atom. The van der Waals surface area contributed by atoms with E-state index in [0.717, 1.165) is 5.39 Å². The Labute approximate surface area is 159 Å². The van der Waals surface area contributed by atoms with Gasteiger partial charge < -0.3 is 14.5 Å². The van der Waals surface area contributed by atoms with E-state index in [1.807, 2.05) is 18.2 Å². The fraction of sp³-hybridized carbons (Fsp3) is 0.100. The normalized spacial score (nSPS) is 11.1. The number of hydrogen-bond donors (Lipinski definition) is 1. The zero-order valence-electron chi connectivity index (χ0n) is 14.8. The van der Waals surface area contributed by atoms with Crippen molar-refractivity contribution in [1.29, 1.82) is 5.26 Å². The minimum Gasteiger partial charge on any atom is -0.462 e. The number of furan rings is 1. The number of nitrogens with one attached hydrogen (secondary N) is 1. The van der Waals surface area contributed by atoms with Gasteiger partial charge in [-0.05, 0) is 31.2 Å². The maximum Gasteiger partial charge on any atom is 0.349 e. The topological polar surface area (TPSA) is 118 Å². The summed E-state index contributed by atoms with van der Waals surface area (Å²) in [6.45, 7) is 1.79. The summed E-state index contributed by atoms with van der Waals surface area (Å²) in [7, 11) is 0. The van der Waals surface area contributed by atoms with Crippen LogP contribution in [-0.2, 0) is 9.53 Å². The van der Waals surface area contributed by atoms with Crippen LogP contribution in [0.15, 0.2) is 58.5 Å². The molecule has 0 bridgehead atoms. The fourth-order valence-electron chi connectivity index (χ4n) is 2.58. The minimum atomic E-state index is -0.744. The Bertz CT molecular complexity index is 1110. The first kappa shape index (κ1) is 18.7. The quantitative estimate of drug-likeness (QED) is 0.220. The van der Waals surface area contributed by atoms with E-state index in [9.17, 15) is 20.2 Å². The van der Waals surface area contributed by atoms with Crippen LogP contribution in [0, 0.1) is 21.4 Å². The lowest BCUT2D eigenvalue weighted by molar-refractivity contribution is -0.384. The molecule has 0 aliphatic heterocycles. The summed E-state index contributed by atoms with van der Waals surface area (Å²) in [6, 6.07) is 14.9. The molecule has 0 unspecified atom stereocenters. The molecule has 140 valence electrons. The number of nitriles is 1. The number of hydrogen-bond acceptors (Lipinski definition) is 7. The summed E-state index contributed by atoms with van der Waals surface area (Å²) in [6.07, 6.45) is 1.31. The van der Waals surface area contributed by atoms with E-state index in [0.29, 0.717) is 17.0 Å². The van der Waals surface area contributed by atoms with Crippen molar-refractivity contribution in [3.63, 3.8) is 0 Å². The lowest BCUT2D eigenvalue weighted by Gasteiger charge is -2.06. The summed E-state index contributed by atoms with van der Waals surface area (Å²) < 4.78 is 10.7. The second-order valence-corrected chi connectivity index (χ2v) is 5.66. The molecule has 0 fully saturated rings. The monoisotopic (exact) mass is 377 g/mol. The van der Waals surface area contributed by atoms with Crippen molar-refractivity contribution in [2.45, 2.75) is 6.92 Å². The van der Waals surface area contributed by atoms with Crippen LogP contribution in [0.4, 0.5) is 17.1 Å². The van der Waals surface area contributed by atoms with E-state index in [1.165, 1.54) is 18.2 Å². The number of fused-ring (bicyclic) bond motifs is 1. The molecule has 1 N–H and O–H groups in total. The lowest BCUT2D eigenvalue weighted by atomic mass is 10.1. The minimum absolute atomic E-state index is 0.0307. The summed E-state index contributed by atoms with van der Waals surface area (Å²) in [5, 5.41) is 24.0. The summed E-state index contributed by atoms with van der Waals surface area (Å²) >= 11 is 0. The molecule has 0 saturated heterocycles. The van der Waals surface area contributed by atoms with Crippen LogP contribution in [0.1, 0.15) is 12.7 Å². The SMILES string of the molecule is CCOC(=O)/C(C#N)=C\c1oc2ccccc2c1Nc1ccc([N+](=O)[O-])cc1. The van der Waals surface area contributed by atoms with Gasteiger partial charge in [-0.3, -0.25) is 10.1 Å². The summed E-state index contributed by atoms with van der Waals surface area (Å²) in [4.78, 5) is 22.3. The largest absolute Gasteiger partial charge is 0.462 e. The molecule has 28 heavy (non-hydrogen) atoms. The number of nitrogens with zero attached hydrogens (tertiary/aromatic N) is 2. The highest BCUT2D eigenvalue weighted by atomic mass is 16.6. The van der Waals surface area contributed by atoms with Gasteiger partial charge in [0.1, 0.15) is 17.2 Å². The first-order chi connectivity index (χ1) is 13.5. The number of nitro groups is 1. The Hall–Kier alpha value is -4.12. The second kappa shape index (κ2) is 8.05. The maximum atomic E-state index is 11.9. The molecule has 2 aromatic carbocycles. The molecule has 0 atom stereocenters. The van der Waals surface area contributed by atoms with E-state index in [2.05, 4.69) is 5.32 Å². The van der Waals surface area contributed by atoms with E-state index in [1.54, 1.807) is 31.2 Å². The second-order valence-electron chi connectivity index (χ2n) is 5.66. The molecule has 1 heterocycles. The van der Waals surface area contributed by atoms with Crippen LogP contribution in [0.25, 0.3) is 17.0 Å². The highest BCUT2D eigenvalue weighted by Gasteiger charge is 2.17. The van der Waals surface area contributed by atoms with Gasteiger partial charge in [0.15, 0.2) is 5.76 Å². The predicted octanol–water partition coefficient (Wildman–Crippen LogP) is 4.55. The fourth-order valence-corrected chi connectivity index (χ4v) is 2.58. The molecule has 0 aliphatic rings. The lowest BCUT2D eigenvalue weighted by Crippen LogP contribution is -2.06. The standard InChI is InChI=1S/C20H15N3O5/c1-2-27-20(24)13(12-21)11-18-19(16-5-3-4-6-17(16)28-18)22-14-7-9-15(10-8-14)23(25)26/h3-11,22H,2H2,1H3/b13-11-. The molecule has 1 aromatic heterocycles. The molecule has 8 heteroatoms. The van der Waals surface area contributed by atoms with Crippen molar-refractivity contribution in [2.75, 3.05) is 11.9 Å². The van der Waals surface area contributed by atoms with Gasteiger partial charge in [-0.2, -0.15) is 5.26 Å². The predicted molar refractivity (Wildman–Crippen MR) is 103 cm³/mol. The van der Waals surface area contributed by atoms with Gasteiger partial charge in [-0.25, -0.2) is 4.79 Å². The van der Waals surface area contributed by atoms with Gasteiger partial charge in [-0.1, -0.05) is 12.1 Å². The first-order valence-corrected chi connectivity index (χ1v) is 8.35. The Morgan fingerprint density at radius 2 is 2.00 bits per heavy atom. The molecular formula is C20H15N3O5. The van der Waals surface area contributed by atoms with Crippen molar-refractivity contribution in [2.24, 2.45) is 0 Å². The van der Waals surface area contributed by atoms with Crippen LogP contribution >= 0.6 is 0 Å². The van der Waals surface area contributed by atoms with Crippen molar-refractivity contribution >= 4 is 40.1 Å². The van der Waals surface area contributed by atoms with E-state index < -0.39 is 10.9 Å². The molecule has 0 amide bonds. The Kier molecular flexibility index (Phi) is 5.37. The van der Waals surface area contributed by atoms with Crippen LogP contribution < -0.4 is 5.32 Å². The third-order valence-corrected chi connectivity index (χ3v) is 3.86. The number of para-hydroxylation sites is 1. The van der Waals surface area contributed by atoms with Crippen LogP contribution in [-0.4, -0.2) is 17.5 Å². The third kappa shape index (κ3) is 3.83. The van der Waals surface area contributed by atoms with Gasteiger partial charge in [0, 0.05) is 29.3 Å². The van der Waals surface area contributed by atoms with E-state index >= 15 is 0 Å². The van der Waals surface area contributed by atoms with Gasteiger partial charge in [0.25, 0.3) is 5.69 Å². The van der Waals surface area contributed by atoms with Crippen LogP contribution in [0.3, 0.4) is 0 Å². The molecule has 8 nitrogen and oxygen atoms in total. The number of carbonyl (C=O) groups excluding carboxylic acids is 1. The number of benzene rings is 2. The van der Waals surface area contributed by atoms with Crippen LogP contribution in [0.5, 0.6) is 0 Å². The Morgan fingerprint density at radius 1 is 1.29 bits per heavy atom. The smallest absolute Gasteiger partial charge is 0.349 e. The number of ether oxygens (including phenoxy) is 1. The average molecular weight is 377 g/mol. The molecule has 0 spiro atoms. The van der Waals surface area contributed by atoms with Gasteiger partial charge in [-0.15, -0.1) is 0 Å². The molecule has 0 aliphatic carbocycles. The number of non-ortho nitro benzene ring substituents is 1. The Balaban J connectivity index is 2.05. The number of nitro benzene ring substituents is 1. The molecule has 0 radical (unpaired) electrons. The maximum absolute atomic E-state index is 11.9. The zero-order valence-corrected chi connectivity index (χ0v) is 14.8. The highest BCUT2D eigenvalue weighted by Crippen LogP contribution is 2.35. The van der Waals surface area contributed by atoms with Crippen molar-refractivity contribution < 1.29 is 18.9 Å². The van der Waals surface area contributed by atoms with Crippen molar-refractivity contribution in [1.82, 2.24) is 0 Å². The van der Waals surface area contributed by atoms with Gasteiger partial charge in [0.2, 0.25) is 0 Å². The summed E-state index contributed by atoms with van der Waals surface area (Å²) in [5.41, 5.74) is 1.44. The third-order valence-electron chi connectivity index (χ3n) is 3.86. The number of carbonyl (C=O) groups is 1. The molecule has 3 rings (SSSR count). The zero-order chi connectivity index (χ0) is 20.1. The average Bonchev–Trinajstić information content (AvgIpc) is 3.04. The van der Waals surface area contributed by atoms with Crippen molar-refractivity contribution in [3.8, 4) is 6.07 Å². The van der Waals surface area contributed by atoms with Gasteiger partial charge >= 0.3 is 5.97 Å². The van der Waals surface area contributed by atoms with E-state index in [-0.39, 0.29) is 23.6 Å².